The number of hydrogen-bond donors (Lipinski definition) is 3. The van der Waals surface area contributed by atoms with Gasteiger partial charge in [-0.3, -0.25) is 25.0 Å². The zero-order valence-electron chi connectivity index (χ0n) is 20.5. The fourth-order valence-corrected chi connectivity index (χ4v) is 4.55. The molecule has 190 valence electrons. The fraction of sp³-hybridized carbons (Fsp3) is 0.407. The smallest absolute Gasteiger partial charge is 0.328 e. The second-order valence-corrected chi connectivity index (χ2v) is 9.50. The normalized spacial score (nSPS) is 17.8. The summed E-state index contributed by atoms with van der Waals surface area (Å²) in [6.45, 7) is 4.13. The first-order chi connectivity index (χ1) is 17.3. The second-order valence-electron chi connectivity index (χ2n) is 9.50. The first kappa shape index (κ1) is 25.2. The summed E-state index contributed by atoms with van der Waals surface area (Å²) in [6, 6.07) is 13.2. The molecule has 3 N–H and O–H groups in total. The monoisotopic (exact) mass is 493 g/mol. The van der Waals surface area contributed by atoms with Gasteiger partial charge in [0.25, 0.3) is 17.4 Å². The molecular weight excluding hydrogens is 462 g/mol. The third-order valence-electron chi connectivity index (χ3n) is 6.56. The molecular formula is C27H31N3O6. The third-order valence-corrected chi connectivity index (χ3v) is 6.56. The average molecular weight is 494 g/mol. The Labute approximate surface area is 209 Å². The van der Waals surface area contributed by atoms with E-state index >= 15 is 0 Å². The third kappa shape index (κ3) is 5.50. The Hall–Kier alpha value is -3.88. The van der Waals surface area contributed by atoms with Gasteiger partial charge in [0, 0.05) is 18.4 Å². The SMILES string of the molecule is CC(C)C(=O)NCc1ccc(Oc2ccc(OC3(C4CCCCC4)C(=O)NC(=O)NC3=O)cc2)cc1. The summed E-state index contributed by atoms with van der Waals surface area (Å²) in [5, 5.41) is 7.28. The number of nitrogens with one attached hydrogen (secondary N) is 3. The molecule has 4 rings (SSSR count). The molecule has 0 radical (unpaired) electrons. The molecule has 36 heavy (non-hydrogen) atoms. The highest BCUT2D eigenvalue weighted by Crippen LogP contribution is 2.38. The van der Waals surface area contributed by atoms with Gasteiger partial charge < -0.3 is 14.8 Å². The van der Waals surface area contributed by atoms with Gasteiger partial charge >= 0.3 is 6.03 Å². The number of ether oxygens (including phenoxy) is 2. The molecule has 0 unspecified atom stereocenters. The van der Waals surface area contributed by atoms with Crippen LogP contribution in [0.1, 0.15) is 51.5 Å². The zero-order chi connectivity index (χ0) is 25.7. The van der Waals surface area contributed by atoms with Crippen LogP contribution < -0.4 is 25.4 Å². The molecule has 2 aromatic rings. The van der Waals surface area contributed by atoms with Crippen LogP contribution in [-0.4, -0.2) is 29.4 Å². The number of hydrogen-bond acceptors (Lipinski definition) is 6. The number of carbonyl (C=O) groups excluding carboxylic acids is 4. The van der Waals surface area contributed by atoms with E-state index in [1.54, 1.807) is 24.3 Å². The van der Waals surface area contributed by atoms with Gasteiger partial charge in [0.1, 0.15) is 17.2 Å². The van der Waals surface area contributed by atoms with Crippen molar-refractivity contribution in [2.45, 2.75) is 58.1 Å². The van der Waals surface area contributed by atoms with Crippen molar-refractivity contribution in [1.82, 2.24) is 16.0 Å². The minimum Gasteiger partial charge on any atom is -0.467 e. The Bertz CT molecular complexity index is 1100. The van der Waals surface area contributed by atoms with Crippen LogP contribution in [0.25, 0.3) is 0 Å². The van der Waals surface area contributed by atoms with Crippen molar-refractivity contribution in [2.24, 2.45) is 11.8 Å². The average Bonchev–Trinajstić information content (AvgIpc) is 2.87. The van der Waals surface area contributed by atoms with Gasteiger partial charge in [-0.15, -0.1) is 0 Å². The lowest BCUT2D eigenvalue weighted by atomic mass is 9.75. The maximum atomic E-state index is 12.9. The van der Waals surface area contributed by atoms with Crippen molar-refractivity contribution in [3.05, 3.63) is 54.1 Å². The van der Waals surface area contributed by atoms with Gasteiger partial charge in [-0.2, -0.15) is 0 Å². The summed E-state index contributed by atoms with van der Waals surface area (Å²) in [4.78, 5) is 49.3. The number of benzene rings is 2. The number of rotatable bonds is 8. The van der Waals surface area contributed by atoms with Crippen molar-refractivity contribution in [2.75, 3.05) is 0 Å². The molecule has 5 amide bonds. The molecule has 0 aromatic heterocycles. The van der Waals surface area contributed by atoms with Crippen LogP contribution in [-0.2, 0) is 20.9 Å². The summed E-state index contributed by atoms with van der Waals surface area (Å²) in [5.74, 6) is -0.378. The molecule has 1 aliphatic heterocycles. The lowest BCUT2D eigenvalue weighted by Crippen LogP contribution is -2.72. The van der Waals surface area contributed by atoms with Gasteiger partial charge in [-0.25, -0.2) is 4.79 Å². The predicted molar refractivity (Wildman–Crippen MR) is 131 cm³/mol. The standard InChI is InChI=1S/C27H31N3O6/c1-17(2)23(31)28-16-18-8-10-20(11-9-18)35-21-12-14-22(15-13-21)36-27(19-6-4-3-5-7-19)24(32)29-26(34)30-25(27)33/h8-15,17,19H,3-7,16H2,1-2H3,(H,28,31)(H2,29,30,32,33,34). The highest BCUT2D eigenvalue weighted by molar-refractivity contribution is 6.22. The maximum Gasteiger partial charge on any atom is 0.328 e. The van der Waals surface area contributed by atoms with E-state index in [0.29, 0.717) is 36.6 Å². The van der Waals surface area contributed by atoms with Crippen molar-refractivity contribution >= 4 is 23.8 Å². The molecule has 2 aromatic carbocycles. The van der Waals surface area contributed by atoms with Gasteiger partial charge in [0.15, 0.2) is 0 Å². The molecule has 1 aliphatic carbocycles. The fourth-order valence-electron chi connectivity index (χ4n) is 4.55. The number of carbonyl (C=O) groups is 4. The Morgan fingerprint density at radius 3 is 1.97 bits per heavy atom. The van der Waals surface area contributed by atoms with Crippen molar-refractivity contribution in [3.63, 3.8) is 0 Å². The predicted octanol–water partition coefficient (Wildman–Crippen LogP) is 3.82. The maximum absolute atomic E-state index is 12.9. The van der Waals surface area contributed by atoms with E-state index in [9.17, 15) is 19.2 Å². The number of imide groups is 2. The summed E-state index contributed by atoms with van der Waals surface area (Å²) in [6.07, 6.45) is 4.13. The Morgan fingerprint density at radius 1 is 0.889 bits per heavy atom. The Kier molecular flexibility index (Phi) is 7.57. The van der Waals surface area contributed by atoms with Crippen LogP contribution in [0.2, 0.25) is 0 Å². The Balaban J connectivity index is 1.44. The second kappa shape index (κ2) is 10.8. The largest absolute Gasteiger partial charge is 0.467 e. The molecule has 0 bridgehead atoms. The van der Waals surface area contributed by atoms with Crippen molar-refractivity contribution in [3.8, 4) is 17.2 Å². The summed E-state index contributed by atoms with van der Waals surface area (Å²) in [5.41, 5.74) is -0.840. The van der Waals surface area contributed by atoms with E-state index in [1.807, 2.05) is 38.1 Å². The highest BCUT2D eigenvalue weighted by atomic mass is 16.5. The van der Waals surface area contributed by atoms with E-state index in [-0.39, 0.29) is 17.7 Å². The summed E-state index contributed by atoms with van der Waals surface area (Å²) < 4.78 is 12.0. The summed E-state index contributed by atoms with van der Waals surface area (Å²) >= 11 is 0. The van der Waals surface area contributed by atoms with Crippen molar-refractivity contribution < 1.29 is 28.7 Å². The topological polar surface area (TPSA) is 123 Å². The quantitative estimate of drug-likeness (QED) is 0.481. The van der Waals surface area contributed by atoms with Crippen LogP contribution in [0.4, 0.5) is 4.79 Å². The zero-order valence-corrected chi connectivity index (χ0v) is 20.5. The van der Waals surface area contributed by atoms with Crippen LogP contribution in [0.15, 0.2) is 48.5 Å². The summed E-state index contributed by atoms with van der Waals surface area (Å²) in [7, 11) is 0. The minimum absolute atomic E-state index is 0.00214. The first-order valence-corrected chi connectivity index (χ1v) is 12.3. The molecule has 2 aliphatic rings. The van der Waals surface area contributed by atoms with Gasteiger partial charge in [0.2, 0.25) is 5.91 Å². The van der Waals surface area contributed by atoms with Crippen LogP contribution >= 0.6 is 0 Å². The van der Waals surface area contributed by atoms with E-state index in [1.165, 1.54) is 0 Å². The molecule has 0 atom stereocenters. The molecule has 0 spiro atoms. The van der Waals surface area contributed by atoms with E-state index in [4.69, 9.17) is 9.47 Å². The van der Waals surface area contributed by atoms with Crippen molar-refractivity contribution in [1.29, 1.82) is 0 Å². The molecule has 9 nitrogen and oxygen atoms in total. The lowest BCUT2D eigenvalue weighted by Gasteiger charge is -2.41. The number of barbiturate groups is 1. The number of urea groups is 1. The van der Waals surface area contributed by atoms with E-state index in [2.05, 4.69) is 16.0 Å². The molecule has 1 saturated heterocycles. The van der Waals surface area contributed by atoms with Crippen LogP contribution in [0.3, 0.4) is 0 Å². The molecule has 2 fully saturated rings. The molecule has 1 heterocycles. The van der Waals surface area contributed by atoms with Crippen LogP contribution in [0, 0.1) is 11.8 Å². The van der Waals surface area contributed by atoms with Gasteiger partial charge in [0.05, 0.1) is 0 Å². The molecule has 9 heteroatoms. The van der Waals surface area contributed by atoms with E-state index < -0.39 is 23.4 Å². The van der Waals surface area contributed by atoms with E-state index in [0.717, 1.165) is 24.8 Å². The van der Waals surface area contributed by atoms with Gasteiger partial charge in [-0.05, 0) is 54.8 Å². The van der Waals surface area contributed by atoms with Gasteiger partial charge in [-0.1, -0.05) is 45.2 Å². The Morgan fingerprint density at radius 2 is 1.42 bits per heavy atom. The lowest BCUT2D eigenvalue weighted by molar-refractivity contribution is -0.158. The minimum atomic E-state index is -1.79. The number of amides is 5. The first-order valence-electron chi connectivity index (χ1n) is 12.3. The molecule has 1 saturated carbocycles. The van der Waals surface area contributed by atoms with Crippen LogP contribution in [0.5, 0.6) is 17.2 Å². The highest BCUT2D eigenvalue weighted by Gasteiger charge is 2.58.